The van der Waals surface area contributed by atoms with Crippen molar-refractivity contribution >= 4 is 45.2 Å². The number of non-ortho nitro benzene ring substituents is 1. The minimum atomic E-state index is -4.45. The summed E-state index contributed by atoms with van der Waals surface area (Å²) in [5.74, 6) is -3.43. The van der Waals surface area contributed by atoms with E-state index in [4.69, 9.17) is 16.2 Å². The zero-order chi connectivity index (χ0) is 45.6. The van der Waals surface area contributed by atoms with E-state index in [-0.39, 0.29) is 68.0 Å². The lowest BCUT2D eigenvalue weighted by Gasteiger charge is -2.43. The number of carbonyl (C=O) groups excluding carboxylic acids is 5. The molecule has 2 aliphatic rings. The molecule has 2 aliphatic heterocycles. The first-order valence-electron chi connectivity index (χ1n) is 19.9. The standard InChI is InChI=1S/C42H52N8O11S/c1-26-8-18-31(19-9-26)62(59,60)33-25-48-22-20-42(44,23-27-12-16-30(17-13-27)50(57)58)39(55)49(48)34(33)37(53)47-32(7-5-6-21-45-40(56)61-41(2,3)4)35(51)38(54)46-24-28-10-14-29(15-11-28)36(43)52/h8-19,32,35,51H,5-7,20-25,44H2,1-4H3,(H2,43,52)(H,45,56)(H,46,54)(H,47,53)/t32-,35?,42?/m0/s1. The zero-order valence-corrected chi connectivity index (χ0v) is 35.7. The largest absolute Gasteiger partial charge is 0.444 e. The first-order valence-corrected chi connectivity index (χ1v) is 21.4. The lowest BCUT2D eigenvalue weighted by molar-refractivity contribution is -0.384. The van der Waals surface area contributed by atoms with E-state index in [1.54, 1.807) is 52.0 Å². The van der Waals surface area contributed by atoms with E-state index in [2.05, 4.69) is 16.0 Å². The molecule has 3 aromatic rings. The molecule has 1 fully saturated rings. The second-order valence-corrected chi connectivity index (χ2v) is 18.3. The molecule has 3 aromatic carbocycles. The van der Waals surface area contributed by atoms with Crippen LogP contribution in [0.3, 0.4) is 0 Å². The maximum atomic E-state index is 14.7. The van der Waals surface area contributed by atoms with Crippen LogP contribution < -0.4 is 27.4 Å². The second kappa shape index (κ2) is 19.2. The Labute approximate surface area is 358 Å². The third-order valence-electron chi connectivity index (χ3n) is 10.3. The monoisotopic (exact) mass is 876 g/mol. The molecule has 2 unspecified atom stereocenters. The number of aryl methyl sites for hydroxylation is 1. The first-order chi connectivity index (χ1) is 29.1. The predicted molar refractivity (Wildman–Crippen MR) is 225 cm³/mol. The summed E-state index contributed by atoms with van der Waals surface area (Å²) >= 11 is 0. The van der Waals surface area contributed by atoms with Crippen molar-refractivity contribution in [2.24, 2.45) is 11.5 Å². The van der Waals surface area contributed by atoms with Crippen LogP contribution in [0.1, 0.15) is 73.5 Å². The van der Waals surface area contributed by atoms with Crippen LogP contribution in [0.2, 0.25) is 0 Å². The van der Waals surface area contributed by atoms with E-state index < -0.39 is 78.4 Å². The van der Waals surface area contributed by atoms with Gasteiger partial charge in [-0.05, 0) is 95.2 Å². The molecule has 20 heteroatoms. The first kappa shape index (κ1) is 46.8. The number of sulfone groups is 1. The van der Waals surface area contributed by atoms with Crippen molar-refractivity contribution in [2.75, 3.05) is 19.6 Å². The van der Waals surface area contributed by atoms with Crippen LogP contribution in [0.25, 0.3) is 0 Å². The molecule has 19 nitrogen and oxygen atoms in total. The van der Waals surface area contributed by atoms with Crippen molar-refractivity contribution in [1.82, 2.24) is 26.0 Å². The summed E-state index contributed by atoms with van der Waals surface area (Å²) in [4.78, 5) is 76.5. The quantitative estimate of drug-likeness (QED) is 0.0646. The number of hydrogen-bond donors (Lipinski definition) is 6. The van der Waals surface area contributed by atoms with E-state index in [0.717, 1.165) is 10.6 Å². The van der Waals surface area contributed by atoms with Crippen LogP contribution in [-0.2, 0) is 41.9 Å². The Bertz CT molecular complexity index is 2330. The van der Waals surface area contributed by atoms with Gasteiger partial charge >= 0.3 is 6.09 Å². The topological polar surface area (TPSA) is 287 Å². The summed E-state index contributed by atoms with van der Waals surface area (Å²) in [5.41, 5.74) is 11.0. The van der Waals surface area contributed by atoms with Crippen molar-refractivity contribution in [2.45, 2.75) is 94.5 Å². The van der Waals surface area contributed by atoms with Crippen molar-refractivity contribution < 1.29 is 47.2 Å². The third-order valence-corrected chi connectivity index (χ3v) is 12.2. The van der Waals surface area contributed by atoms with Gasteiger partial charge in [0.25, 0.3) is 23.4 Å². The van der Waals surface area contributed by atoms with Gasteiger partial charge in [-0.25, -0.2) is 23.2 Å². The number of nitrogens with one attached hydrogen (secondary N) is 3. The summed E-state index contributed by atoms with van der Waals surface area (Å²) in [7, 11) is -4.45. The Morgan fingerprint density at radius 3 is 2.19 bits per heavy atom. The van der Waals surface area contributed by atoms with Crippen LogP contribution in [-0.4, -0.2) is 101 Å². The molecule has 332 valence electrons. The molecular formula is C42H52N8O11S. The normalized spacial score (nSPS) is 17.8. The Hall–Kier alpha value is -6.22. The number of hydrazine groups is 1. The van der Waals surface area contributed by atoms with Crippen LogP contribution in [0.4, 0.5) is 10.5 Å². The molecule has 0 aliphatic carbocycles. The number of aliphatic hydroxyl groups is 1. The minimum Gasteiger partial charge on any atom is -0.444 e. The summed E-state index contributed by atoms with van der Waals surface area (Å²) in [6.07, 6.45) is -2.10. The lowest BCUT2D eigenvalue weighted by atomic mass is 9.86. The molecule has 5 rings (SSSR count). The van der Waals surface area contributed by atoms with Crippen LogP contribution >= 0.6 is 0 Å². The van der Waals surface area contributed by atoms with Crippen LogP contribution in [0.5, 0.6) is 0 Å². The second-order valence-electron chi connectivity index (χ2n) is 16.3. The molecule has 5 amide bonds. The fourth-order valence-electron chi connectivity index (χ4n) is 6.99. The Morgan fingerprint density at radius 1 is 0.968 bits per heavy atom. The number of primary amides is 1. The van der Waals surface area contributed by atoms with E-state index in [1.165, 1.54) is 53.5 Å². The van der Waals surface area contributed by atoms with Crippen molar-refractivity contribution in [3.05, 3.63) is 116 Å². The van der Waals surface area contributed by atoms with Crippen LogP contribution in [0.15, 0.2) is 88.3 Å². The maximum absolute atomic E-state index is 14.7. The number of aliphatic hydroxyl groups excluding tert-OH is 1. The van der Waals surface area contributed by atoms with Crippen molar-refractivity contribution in [1.29, 1.82) is 0 Å². The number of unbranched alkanes of at least 4 members (excludes halogenated alkanes) is 1. The highest BCUT2D eigenvalue weighted by molar-refractivity contribution is 7.95. The van der Waals surface area contributed by atoms with Crippen molar-refractivity contribution in [3.8, 4) is 0 Å². The highest BCUT2D eigenvalue weighted by Crippen LogP contribution is 2.37. The third kappa shape index (κ3) is 11.4. The number of nitro groups is 1. The summed E-state index contributed by atoms with van der Waals surface area (Å²) < 4.78 is 34.0. The number of nitro benzene ring substituents is 1. The van der Waals surface area contributed by atoms with Gasteiger partial charge in [0.05, 0.1) is 27.3 Å². The average molecular weight is 877 g/mol. The number of ether oxygens (including phenoxy) is 1. The predicted octanol–water partition coefficient (Wildman–Crippen LogP) is 2.25. The van der Waals surface area contributed by atoms with E-state index in [9.17, 15) is 47.6 Å². The molecule has 0 saturated carbocycles. The molecule has 0 radical (unpaired) electrons. The average Bonchev–Trinajstić information content (AvgIpc) is 3.62. The SMILES string of the molecule is Cc1ccc(S(=O)(=O)C2=C(C(=O)N[C@@H](CCCCNC(=O)OC(C)(C)C)C(O)C(=O)NCc3ccc(C(N)=O)cc3)N3C(=O)C(N)(Cc4ccc([N+](=O)[O-])cc4)CCN3C2)cc1. The number of fused-ring (bicyclic) bond motifs is 1. The number of nitrogens with two attached hydrogens (primary N) is 2. The molecule has 62 heavy (non-hydrogen) atoms. The van der Waals surface area contributed by atoms with E-state index in [0.29, 0.717) is 17.5 Å². The Kier molecular flexibility index (Phi) is 14.5. The highest BCUT2D eigenvalue weighted by atomic mass is 32.2. The highest BCUT2D eigenvalue weighted by Gasteiger charge is 2.52. The Balaban J connectivity index is 1.45. The molecule has 2 heterocycles. The van der Waals surface area contributed by atoms with E-state index in [1.807, 2.05) is 0 Å². The van der Waals surface area contributed by atoms with Crippen LogP contribution in [0, 0.1) is 17.0 Å². The number of amides is 5. The van der Waals surface area contributed by atoms with E-state index >= 15 is 0 Å². The number of hydrogen-bond acceptors (Lipinski definition) is 13. The molecule has 0 aromatic heterocycles. The van der Waals surface area contributed by atoms with Gasteiger partial charge in [0.15, 0.2) is 6.10 Å². The summed E-state index contributed by atoms with van der Waals surface area (Å²) in [5, 5.41) is 32.9. The summed E-state index contributed by atoms with van der Waals surface area (Å²) in [6, 6.07) is 16.1. The molecule has 0 spiro atoms. The molecular weight excluding hydrogens is 825 g/mol. The number of rotatable bonds is 17. The number of alkyl carbamates (subject to hydrolysis) is 1. The fourth-order valence-corrected chi connectivity index (χ4v) is 8.52. The smallest absolute Gasteiger partial charge is 0.407 e. The fraction of sp³-hybridized carbons (Fsp3) is 0.405. The number of carbonyl (C=O) groups is 5. The van der Waals surface area contributed by atoms with Gasteiger partial charge in [0, 0.05) is 37.3 Å². The van der Waals surface area contributed by atoms with Gasteiger partial charge in [-0.2, -0.15) is 0 Å². The van der Waals surface area contributed by atoms with Gasteiger partial charge in [-0.1, -0.05) is 42.0 Å². The Morgan fingerprint density at radius 2 is 1.60 bits per heavy atom. The van der Waals surface area contributed by atoms with Gasteiger partial charge in [0.2, 0.25) is 15.7 Å². The molecule has 1 saturated heterocycles. The number of nitrogens with zero attached hydrogens (tertiary/aromatic N) is 3. The maximum Gasteiger partial charge on any atom is 0.407 e. The van der Waals surface area contributed by atoms with Gasteiger partial charge in [0.1, 0.15) is 16.8 Å². The minimum absolute atomic E-state index is 0.0379. The lowest BCUT2D eigenvalue weighted by Crippen LogP contribution is -2.65. The van der Waals surface area contributed by atoms with Crippen molar-refractivity contribution in [3.63, 3.8) is 0 Å². The summed E-state index contributed by atoms with van der Waals surface area (Å²) in [6.45, 7) is 6.64. The number of benzene rings is 3. The zero-order valence-electron chi connectivity index (χ0n) is 34.9. The van der Waals surface area contributed by atoms with Gasteiger partial charge < -0.3 is 37.3 Å². The molecule has 3 atom stereocenters. The van der Waals surface area contributed by atoms with Gasteiger partial charge in [-0.15, -0.1) is 0 Å². The molecule has 8 N–H and O–H groups in total. The van der Waals surface area contributed by atoms with Gasteiger partial charge in [-0.3, -0.25) is 29.3 Å². The molecule has 0 bridgehead atoms.